The van der Waals surface area contributed by atoms with E-state index in [9.17, 15) is 14.0 Å². The van der Waals surface area contributed by atoms with E-state index < -0.39 is 17.2 Å². The number of fused-ring (bicyclic) bond motifs is 1. The van der Waals surface area contributed by atoms with Gasteiger partial charge in [0.25, 0.3) is 0 Å². The maximum atomic E-state index is 14.8. The second-order valence-corrected chi connectivity index (χ2v) is 6.61. The van der Waals surface area contributed by atoms with Crippen molar-refractivity contribution in [1.82, 2.24) is 4.57 Å². The summed E-state index contributed by atoms with van der Waals surface area (Å²) >= 11 is 0. The molecule has 1 heterocycles. The van der Waals surface area contributed by atoms with Crippen molar-refractivity contribution in [2.24, 2.45) is 0 Å². The first-order chi connectivity index (χ1) is 13.4. The van der Waals surface area contributed by atoms with Gasteiger partial charge in [0, 0.05) is 18.1 Å². The summed E-state index contributed by atoms with van der Waals surface area (Å²) in [6, 6.07) is 8.70. The Labute approximate surface area is 162 Å². The van der Waals surface area contributed by atoms with E-state index in [0.29, 0.717) is 23.4 Å². The van der Waals surface area contributed by atoms with E-state index in [4.69, 9.17) is 9.47 Å². The normalized spacial score (nSPS) is 10.9. The average molecular weight is 383 g/mol. The van der Waals surface area contributed by atoms with E-state index >= 15 is 0 Å². The lowest BCUT2D eigenvalue weighted by atomic mass is 10.0. The number of methoxy groups -OCH3 is 1. The predicted molar refractivity (Wildman–Crippen MR) is 105 cm³/mol. The molecule has 0 saturated carbocycles. The predicted octanol–water partition coefficient (Wildman–Crippen LogP) is 4.14. The highest BCUT2D eigenvalue weighted by Gasteiger charge is 2.20. The molecule has 5 nitrogen and oxygen atoms in total. The number of aryl methyl sites for hydroxylation is 2. The number of nitrogens with zero attached hydrogens (tertiary/aromatic N) is 1. The minimum absolute atomic E-state index is 0.0215. The maximum Gasteiger partial charge on any atom is 0.343 e. The number of rotatable bonds is 5. The van der Waals surface area contributed by atoms with E-state index in [2.05, 4.69) is 0 Å². The van der Waals surface area contributed by atoms with E-state index in [1.807, 2.05) is 6.92 Å². The van der Waals surface area contributed by atoms with Crippen molar-refractivity contribution in [1.29, 1.82) is 0 Å². The van der Waals surface area contributed by atoms with E-state index in [0.717, 1.165) is 5.56 Å². The third-order valence-electron chi connectivity index (χ3n) is 4.90. The molecule has 146 valence electrons. The summed E-state index contributed by atoms with van der Waals surface area (Å²) in [6.45, 7) is 5.67. The van der Waals surface area contributed by atoms with Crippen LogP contribution in [-0.2, 0) is 17.9 Å². The summed E-state index contributed by atoms with van der Waals surface area (Å²) in [5.74, 6) is -0.473. The number of carbonyl (C=O) groups excluding carboxylic acids is 1. The van der Waals surface area contributed by atoms with Crippen LogP contribution in [0.2, 0.25) is 0 Å². The zero-order valence-corrected chi connectivity index (χ0v) is 16.3. The van der Waals surface area contributed by atoms with Crippen molar-refractivity contribution in [3.63, 3.8) is 0 Å². The molecule has 6 heteroatoms. The van der Waals surface area contributed by atoms with Crippen LogP contribution in [0.1, 0.15) is 34.0 Å². The Balaban J connectivity index is 1.97. The van der Waals surface area contributed by atoms with Gasteiger partial charge in [0.1, 0.15) is 17.9 Å². The van der Waals surface area contributed by atoms with Crippen molar-refractivity contribution in [3.05, 3.63) is 74.8 Å². The number of esters is 1. The standard InChI is InChI=1S/C22H22FNO4/c1-5-24-11-18(21(25)17-10-13(2)14(3)19(23)20(17)24)22(26)28-12-15-6-8-16(27-4)9-7-15/h6-11H,5,12H2,1-4H3. The monoisotopic (exact) mass is 383 g/mol. The highest BCUT2D eigenvalue weighted by molar-refractivity contribution is 5.94. The SMILES string of the molecule is CCn1cc(C(=O)OCc2ccc(OC)cc2)c(=O)c2cc(C)c(C)c(F)c21. The molecule has 0 radical (unpaired) electrons. The van der Waals surface area contributed by atoms with Crippen LogP contribution in [0.3, 0.4) is 0 Å². The molecule has 0 aliphatic heterocycles. The molecule has 0 amide bonds. The molecule has 3 aromatic rings. The van der Waals surface area contributed by atoms with Crippen LogP contribution in [0.15, 0.2) is 41.3 Å². The maximum absolute atomic E-state index is 14.8. The van der Waals surface area contributed by atoms with Crippen LogP contribution < -0.4 is 10.2 Å². The summed E-state index contributed by atoms with van der Waals surface area (Å²) in [6.07, 6.45) is 1.37. The molecular formula is C22H22FNO4. The Morgan fingerprint density at radius 3 is 2.46 bits per heavy atom. The number of pyridine rings is 1. The Hall–Kier alpha value is -3.15. The Bertz CT molecular complexity index is 1100. The molecule has 28 heavy (non-hydrogen) atoms. The topological polar surface area (TPSA) is 57.5 Å². The number of halogens is 1. The number of hydrogen-bond donors (Lipinski definition) is 0. The summed E-state index contributed by atoms with van der Waals surface area (Å²) < 4.78 is 26.7. The summed E-state index contributed by atoms with van der Waals surface area (Å²) in [7, 11) is 1.57. The molecule has 0 atom stereocenters. The quantitative estimate of drug-likeness (QED) is 0.621. The molecule has 0 N–H and O–H groups in total. The first-order valence-corrected chi connectivity index (χ1v) is 9.00. The van der Waals surface area contributed by atoms with Crippen molar-refractivity contribution < 1.29 is 18.7 Å². The fourth-order valence-corrected chi connectivity index (χ4v) is 3.08. The molecule has 2 aromatic carbocycles. The lowest BCUT2D eigenvalue weighted by molar-refractivity contribution is 0.0470. The molecule has 0 saturated heterocycles. The van der Waals surface area contributed by atoms with E-state index in [-0.39, 0.29) is 23.1 Å². The first-order valence-electron chi connectivity index (χ1n) is 9.00. The minimum Gasteiger partial charge on any atom is -0.497 e. The zero-order chi connectivity index (χ0) is 20.4. The van der Waals surface area contributed by atoms with Crippen molar-refractivity contribution in [3.8, 4) is 5.75 Å². The smallest absolute Gasteiger partial charge is 0.343 e. The Kier molecular flexibility index (Phi) is 5.49. The molecule has 0 unspecified atom stereocenters. The van der Waals surface area contributed by atoms with Gasteiger partial charge < -0.3 is 14.0 Å². The molecular weight excluding hydrogens is 361 g/mol. The first kappa shape index (κ1) is 19.6. The van der Waals surface area contributed by atoms with Gasteiger partial charge in [0.05, 0.1) is 12.6 Å². The van der Waals surface area contributed by atoms with Crippen LogP contribution in [0.25, 0.3) is 10.9 Å². The molecule has 0 bridgehead atoms. The number of carbonyl (C=O) groups is 1. The highest BCUT2D eigenvalue weighted by atomic mass is 19.1. The van der Waals surface area contributed by atoms with Gasteiger partial charge in [-0.2, -0.15) is 0 Å². The van der Waals surface area contributed by atoms with Crippen molar-refractivity contribution in [2.75, 3.05) is 7.11 Å². The molecule has 0 fully saturated rings. The van der Waals surface area contributed by atoms with Crippen LogP contribution in [-0.4, -0.2) is 17.6 Å². The summed E-state index contributed by atoms with van der Waals surface area (Å²) in [4.78, 5) is 25.4. The van der Waals surface area contributed by atoms with Gasteiger partial charge in [-0.15, -0.1) is 0 Å². The highest BCUT2D eigenvalue weighted by Crippen LogP contribution is 2.23. The number of hydrogen-bond acceptors (Lipinski definition) is 4. The molecule has 0 aliphatic carbocycles. The molecule has 0 spiro atoms. The lowest BCUT2D eigenvalue weighted by Crippen LogP contribution is -2.21. The second kappa shape index (κ2) is 7.84. The lowest BCUT2D eigenvalue weighted by Gasteiger charge is -2.14. The zero-order valence-electron chi connectivity index (χ0n) is 16.3. The Morgan fingerprint density at radius 1 is 1.18 bits per heavy atom. The van der Waals surface area contributed by atoms with E-state index in [1.165, 1.54) is 6.20 Å². The number of benzene rings is 2. The van der Waals surface area contributed by atoms with Gasteiger partial charge >= 0.3 is 5.97 Å². The number of ether oxygens (including phenoxy) is 2. The van der Waals surface area contributed by atoms with Crippen molar-refractivity contribution in [2.45, 2.75) is 33.9 Å². The number of aromatic nitrogens is 1. The fraction of sp³-hybridized carbons (Fsp3) is 0.273. The van der Waals surface area contributed by atoms with Crippen LogP contribution in [0.5, 0.6) is 5.75 Å². The van der Waals surface area contributed by atoms with Gasteiger partial charge in [-0.25, -0.2) is 9.18 Å². The van der Waals surface area contributed by atoms with Gasteiger partial charge in [0.15, 0.2) is 5.82 Å². The summed E-state index contributed by atoms with van der Waals surface area (Å²) in [5.41, 5.74) is 1.50. The second-order valence-electron chi connectivity index (χ2n) is 6.61. The van der Waals surface area contributed by atoms with Crippen LogP contribution in [0, 0.1) is 19.7 Å². The van der Waals surface area contributed by atoms with Crippen molar-refractivity contribution >= 4 is 16.9 Å². The fourth-order valence-electron chi connectivity index (χ4n) is 3.08. The minimum atomic E-state index is -0.733. The Morgan fingerprint density at radius 2 is 1.86 bits per heavy atom. The van der Waals surface area contributed by atoms with Crippen LogP contribution >= 0.6 is 0 Å². The summed E-state index contributed by atoms with van der Waals surface area (Å²) in [5, 5.41) is 0.182. The average Bonchev–Trinajstić information content (AvgIpc) is 2.71. The van der Waals surface area contributed by atoms with Gasteiger partial charge in [-0.05, 0) is 55.7 Å². The third-order valence-corrected chi connectivity index (χ3v) is 4.90. The van der Waals surface area contributed by atoms with Gasteiger partial charge in [-0.1, -0.05) is 12.1 Å². The third kappa shape index (κ3) is 3.50. The molecule has 1 aromatic heterocycles. The largest absolute Gasteiger partial charge is 0.497 e. The molecule has 0 aliphatic rings. The molecule has 3 rings (SSSR count). The van der Waals surface area contributed by atoms with Crippen LogP contribution in [0.4, 0.5) is 4.39 Å². The van der Waals surface area contributed by atoms with Gasteiger partial charge in [0.2, 0.25) is 5.43 Å². The van der Waals surface area contributed by atoms with E-state index in [1.54, 1.807) is 55.9 Å². The van der Waals surface area contributed by atoms with Gasteiger partial charge in [-0.3, -0.25) is 4.79 Å².